The average Bonchev–Trinajstić information content (AvgIpc) is 3.30. The largest absolute Gasteiger partial charge is 0.462 e. The third-order valence-electron chi connectivity index (χ3n) is 11.8. The second kappa shape index (κ2) is 53.5. The van der Waals surface area contributed by atoms with Gasteiger partial charge in [-0.2, -0.15) is 0 Å². The van der Waals surface area contributed by atoms with Gasteiger partial charge in [-0.15, -0.1) is 0 Å². The number of hydrogen-bond acceptors (Lipinski definition) is 6. The van der Waals surface area contributed by atoms with Crippen molar-refractivity contribution in [3.63, 3.8) is 0 Å². The van der Waals surface area contributed by atoms with Crippen LogP contribution in [0.4, 0.5) is 0 Å². The maximum atomic E-state index is 12.8. The quantitative estimate of drug-likeness (QED) is 0.0199. The Morgan fingerprint density at radius 2 is 0.615 bits per heavy atom. The summed E-state index contributed by atoms with van der Waals surface area (Å²) in [4.78, 5) is 38.1. The van der Waals surface area contributed by atoms with Crippen molar-refractivity contribution in [3.8, 4) is 0 Å². The first-order valence-corrected chi connectivity index (χ1v) is 27.5. The molecule has 0 aromatic heterocycles. The maximum absolute atomic E-state index is 12.8. The topological polar surface area (TPSA) is 78.9 Å². The van der Waals surface area contributed by atoms with E-state index in [-0.39, 0.29) is 37.5 Å². The zero-order valence-electron chi connectivity index (χ0n) is 42.7. The molecule has 1 unspecified atom stereocenters. The summed E-state index contributed by atoms with van der Waals surface area (Å²) in [5.41, 5.74) is 0. The van der Waals surface area contributed by atoms with E-state index in [1.807, 2.05) is 48.6 Å². The fourth-order valence-corrected chi connectivity index (χ4v) is 7.69. The molecule has 0 saturated carbocycles. The second-order valence-corrected chi connectivity index (χ2v) is 18.2. The number of esters is 3. The summed E-state index contributed by atoms with van der Waals surface area (Å²) in [6.07, 6.45) is 67.4. The maximum Gasteiger partial charge on any atom is 0.306 e. The van der Waals surface area contributed by atoms with Crippen LogP contribution in [0.5, 0.6) is 0 Å². The molecule has 0 amide bonds. The van der Waals surface area contributed by atoms with Gasteiger partial charge in [-0.3, -0.25) is 14.4 Å². The predicted molar refractivity (Wildman–Crippen MR) is 279 cm³/mol. The predicted octanol–water partition coefficient (Wildman–Crippen LogP) is 18.2. The lowest BCUT2D eigenvalue weighted by molar-refractivity contribution is -0.167. The van der Waals surface area contributed by atoms with E-state index in [0.29, 0.717) is 19.3 Å². The van der Waals surface area contributed by atoms with Crippen molar-refractivity contribution in [1.82, 2.24) is 0 Å². The minimum atomic E-state index is -0.797. The average molecular weight is 907 g/mol. The second-order valence-electron chi connectivity index (χ2n) is 18.2. The zero-order valence-corrected chi connectivity index (χ0v) is 42.7. The summed E-state index contributed by atoms with van der Waals surface area (Å²) in [7, 11) is 0. The smallest absolute Gasteiger partial charge is 0.306 e. The van der Waals surface area contributed by atoms with Gasteiger partial charge in [0.1, 0.15) is 13.2 Å². The Bertz CT molecular complexity index is 1230. The van der Waals surface area contributed by atoms with E-state index in [4.69, 9.17) is 14.2 Å². The SMILES string of the molecule is CC\C=C/C=C\C=C/C=C\C=C/CCCCCC(=O)OC(COC(=O)CCCCCCCCC/C=C\CCCCCCCC)COC(=O)CCCCCCCCCCCCCCCCC. The first kappa shape index (κ1) is 61.9. The number of unbranched alkanes of at least 4 members (excludes halogenated alkanes) is 30. The van der Waals surface area contributed by atoms with Crippen molar-refractivity contribution < 1.29 is 28.6 Å². The standard InChI is InChI=1S/C59H102O6/c1-4-7-10-13-16-19-22-25-28-29-32-34-37-40-43-46-49-52-58(61)64-55-56(65-59(62)53-50-47-44-41-38-35-31-27-24-21-18-15-12-9-6-3)54-63-57(60)51-48-45-42-39-36-33-30-26-23-20-17-14-11-8-5-2/h9,12,15,18,21,24-25,27-28,31,35,38,56H,4-8,10-11,13-14,16-17,19-20,22-23,26,29-30,32-34,36-37,39-55H2,1-3H3/b12-9-,18-15-,24-21-,28-25-,31-27-,38-35-. The molecule has 0 N–H and O–H groups in total. The number of hydrogen-bond donors (Lipinski definition) is 0. The van der Waals surface area contributed by atoms with Crippen LogP contribution in [-0.2, 0) is 28.6 Å². The number of rotatable bonds is 49. The van der Waals surface area contributed by atoms with Crippen LogP contribution in [-0.4, -0.2) is 37.2 Å². The number of carbonyl (C=O) groups excluding carboxylic acids is 3. The molecule has 0 heterocycles. The third-order valence-corrected chi connectivity index (χ3v) is 11.8. The van der Waals surface area contributed by atoms with Gasteiger partial charge in [0, 0.05) is 19.3 Å². The van der Waals surface area contributed by atoms with Gasteiger partial charge in [-0.1, -0.05) is 254 Å². The minimum absolute atomic E-state index is 0.0921. The molecule has 0 aliphatic heterocycles. The summed E-state index contributed by atoms with van der Waals surface area (Å²) in [5.74, 6) is -0.931. The van der Waals surface area contributed by atoms with Gasteiger partial charge in [0.05, 0.1) is 0 Å². The van der Waals surface area contributed by atoms with Crippen molar-refractivity contribution in [2.45, 2.75) is 271 Å². The Balaban J connectivity index is 4.44. The molecule has 0 spiro atoms. The van der Waals surface area contributed by atoms with Crippen LogP contribution in [0.15, 0.2) is 72.9 Å². The molecule has 0 radical (unpaired) electrons. The number of carbonyl (C=O) groups is 3. The fraction of sp³-hybridized carbons (Fsp3) is 0.746. The first-order chi connectivity index (χ1) is 32.0. The highest BCUT2D eigenvalue weighted by Crippen LogP contribution is 2.16. The first-order valence-electron chi connectivity index (χ1n) is 27.5. The molecular formula is C59H102O6. The van der Waals surface area contributed by atoms with E-state index in [2.05, 4.69) is 45.1 Å². The molecule has 6 heteroatoms. The molecule has 6 nitrogen and oxygen atoms in total. The van der Waals surface area contributed by atoms with Crippen LogP contribution in [0.2, 0.25) is 0 Å². The van der Waals surface area contributed by atoms with Gasteiger partial charge in [0.2, 0.25) is 0 Å². The summed E-state index contributed by atoms with van der Waals surface area (Å²) in [6, 6.07) is 0. The van der Waals surface area contributed by atoms with Crippen molar-refractivity contribution in [2.24, 2.45) is 0 Å². The molecule has 0 rings (SSSR count). The highest BCUT2D eigenvalue weighted by Gasteiger charge is 2.19. The van der Waals surface area contributed by atoms with Crippen LogP contribution >= 0.6 is 0 Å². The fourth-order valence-electron chi connectivity index (χ4n) is 7.69. The number of allylic oxidation sites excluding steroid dienone is 12. The Morgan fingerprint density at radius 1 is 0.323 bits per heavy atom. The van der Waals surface area contributed by atoms with Gasteiger partial charge < -0.3 is 14.2 Å². The molecule has 0 aliphatic carbocycles. The van der Waals surface area contributed by atoms with Gasteiger partial charge in [0.15, 0.2) is 6.10 Å². The lowest BCUT2D eigenvalue weighted by Gasteiger charge is -2.18. The van der Waals surface area contributed by atoms with Gasteiger partial charge in [-0.05, 0) is 64.2 Å². The monoisotopic (exact) mass is 907 g/mol. The summed E-state index contributed by atoms with van der Waals surface area (Å²) < 4.78 is 16.8. The van der Waals surface area contributed by atoms with E-state index in [0.717, 1.165) is 64.2 Å². The third kappa shape index (κ3) is 51.7. The lowest BCUT2D eigenvalue weighted by atomic mass is 10.0. The lowest BCUT2D eigenvalue weighted by Crippen LogP contribution is -2.30. The van der Waals surface area contributed by atoms with Crippen LogP contribution in [0.1, 0.15) is 265 Å². The summed E-state index contributed by atoms with van der Waals surface area (Å²) in [5, 5.41) is 0. The normalized spacial score (nSPS) is 12.6. The summed E-state index contributed by atoms with van der Waals surface area (Å²) in [6.45, 7) is 6.47. The van der Waals surface area contributed by atoms with E-state index >= 15 is 0 Å². The van der Waals surface area contributed by atoms with Crippen LogP contribution in [0.3, 0.4) is 0 Å². The molecule has 0 aliphatic rings. The zero-order chi connectivity index (χ0) is 47.2. The van der Waals surface area contributed by atoms with E-state index in [1.54, 1.807) is 0 Å². The van der Waals surface area contributed by atoms with Crippen LogP contribution < -0.4 is 0 Å². The van der Waals surface area contributed by atoms with Crippen LogP contribution in [0, 0.1) is 0 Å². The van der Waals surface area contributed by atoms with Crippen LogP contribution in [0.25, 0.3) is 0 Å². The Morgan fingerprint density at radius 3 is 1.00 bits per heavy atom. The number of ether oxygens (including phenoxy) is 3. The molecule has 374 valence electrons. The molecule has 0 saturated heterocycles. The van der Waals surface area contributed by atoms with Gasteiger partial charge in [0.25, 0.3) is 0 Å². The molecule has 0 bridgehead atoms. The highest BCUT2D eigenvalue weighted by atomic mass is 16.6. The Hall–Kier alpha value is -3.15. The van der Waals surface area contributed by atoms with Gasteiger partial charge >= 0.3 is 17.9 Å². The van der Waals surface area contributed by atoms with Gasteiger partial charge in [-0.25, -0.2) is 0 Å². The van der Waals surface area contributed by atoms with E-state index in [1.165, 1.54) is 154 Å². The molecule has 0 fully saturated rings. The van der Waals surface area contributed by atoms with E-state index in [9.17, 15) is 14.4 Å². The molecular weight excluding hydrogens is 805 g/mol. The molecule has 0 aromatic rings. The van der Waals surface area contributed by atoms with Crippen molar-refractivity contribution in [1.29, 1.82) is 0 Å². The van der Waals surface area contributed by atoms with Crippen molar-refractivity contribution in [2.75, 3.05) is 13.2 Å². The van der Waals surface area contributed by atoms with Crippen molar-refractivity contribution >= 4 is 17.9 Å². The minimum Gasteiger partial charge on any atom is -0.462 e. The summed E-state index contributed by atoms with van der Waals surface area (Å²) >= 11 is 0. The highest BCUT2D eigenvalue weighted by molar-refractivity contribution is 5.71. The Kier molecular flexibility index (Phi) is 50.9. The molecule has 1 atom stereocenters. The Labute approximate surface area is 402 Å². The molecule has 0 aromatic carbocycles. The van der Waals surface area contributed by atoms with E-state index < -0.39 is 6.10 Å². The molecule has 65 heavy (non-hydrogen) atoms. The van der Waals surface area contributed by atoms with Crippen molar-refractivity contribution in [3.05, 3.63) is 72.9 Å².